The number of para-hydroxylation sites is 1. The van der Waals surface area contributed by atoms with Gasteiger partial charge in [-0.15, -0.1) is 0 Å². The Bertz CT molecular complexity index is 653. The van der Waals surface area contributed by atoms with Gasteiger partial charge in [-0.1, -0.05) is 18.2 Å². The Morgan fingerprint density at radius 3 is 3.05 bits per heavy atom. The molecular formula is C15H19N3O3. The van der Waals surface area contributed by atoms with Crippen molar-refractivity contribution in [1.82, 2.24) is 10.3 Å². The third-order valence-electron chi connectivity index (χ3n) is 3.74. The molecule has 0 radical (unpaired) electrons. The molecule has 1 aliphatic rings. The molecule has 0 spiro atoms. The van der Waals surface area contributed by atoms with Gasteiger partial charge in [0.25, 0.3) is 0 Å². The van der Waals surface area contributed by atoms with Gasteiger partial charge in [0.2, 0.25) is 0 Å². The lowest BCUT2D eigenvalue weighted by atomic mass is 10.1. The normalized spacial score (nSPS) is 19.8. The maximum Gasteiger partial charge on any atom is 0.301 e. The van der Waals surface area contributed by atoms with E-state index in [0.717, 1.165) is 24.0 Å². The predicted molar refractivity (Wildman–Crippen MR) is 78.6 cm³/mol. The molecule has 0 saturated carbocycles. The molecule has 1 aliphatic heterocycles. The molecule has 0 bridgehead atoms. The van der Waals surface area contributed by atoms with Crippen LogP contribution < -0.4 is 11.3 Å². The number of rotatable bonds is 3. The first kappa shape index (κ1) is 14.1. The average Bonchev–Trinajstić information content (AvgIpc) is 2.85. The highest BCUT2D eigenvalue weighted by atomic mass is 16.5. The number of nitrogens with zero attached hydrogens (tertiary/aromatic N) is 1. The van der Waals surface area contributed by atoms with Crippen molar-refractivity contribution in [2.75, 3.05) is 19.7 Å². The minimum absolute atomic E-state index is 0.198. The molecule has 3 rings (SSSR count). The van der Waals surface area contributed by atoms with Crippen molar-refractivity contribution in [2.45, 2.75) is 19.6 Å². The van der Waals surface area contributed by atoms with Gasteiger partial charge in [0.05, 0.1) is 12.7 Å². The van der Waals surface area contributed by atoms with Gasteiger partial charge in [-0.2, -0.15) is 0 Å². The number of nitrogens with one attached hydrogen (secondary N) is 1. The van der Waals surface area contributed by atoms with Gasteiger partial charge in [0.1, 0.15) is 5.58 Å². The molecule has 1 fully saturated rings. The van der Waals surface area contributed by atoms with Gasteiger partial charge in [0, 0.05) is 30.6 Å². The highest BCUT2D eigenvalue weighted by Gasteiger charge is 2.24. The smallest absolute Gasteiger partial charge is 0.301 e. The number of ether oxygens (including phenoxy) is 1. The Hall–Kier alpha value is -1.89. The van der Waals surface area contributed by atoms with Crippen molar-refractivity contribution in [3.05, 3.63) is 35.6 Å². The summed E-state index contributed by atoms with van der Waals surface area (Å²) >= 11 is 0. The van der Waals surface area contributed by atoms with E-state index >= 15 is 0 Å². The summed E-state index contributed by atoms with van der Waals surface area (Å²) in [6.07, 6.45) is 0.198. The van der Waals surface area contributed by atoms with Crippen LogP contribution in [0.2, 0.25) is 0 Å². The van der Waals surface area contributed by atoms with Crippen molar-refractivity contribution in [2.24, 2.45) is 5.84 Å². The highest BCUT2D eigenvalue weighted by Crippen LogP contribution is 2.27. The molecule has 112 valence electrons. The summed E-state index contributed by atoms with van der Waals surface area (Å²) in [5, 5.41) is 0.954. The van der Waals surface area contributed by atoms with Crippen molar-refractivity contribution in [3.63, 3.8) is 0 Å². The summed E-state index contributed by atoms with van der Waals surface area (Å²) in [6, 6.07) is 7.64. The summed E-state index contributed by atoms with van der Waals surface area (Å²) in [5.74, 6) is 5.15. The zero-order valence-electron chi connectivity index (χ0n) is 12.0. The average molecular weight is 289 g/mol. The molecule has 2 aromatic rings. The Morgan fingerprint density at radius 1 is 1.48 bits per heavy atom. The highest BCUT2D eigenvalue weighted by molar-refractivity contribution is 5.98. The number of hydrogen-bond donors (Lipinski definition) is 2. The van der Waals surface area contributed by atoms with E-state index in [0.29, 0.717) is 18.7 Å². The molecule has 1 aromatic heterocycles. The first-order chi connectivity index (χ1) is 10.2. The molecule has 2 heterocycles. The van der Waals surface area contributed by atoms with E-state index in [1.54, 1.807) is 0 Å². The summed E-state index contributed by atoms with van der Waals surface area (Å²) in [4.78, 5) is 14.2. The number of morpholine rings is 1. The maximum atomic E-state index is 11.9. The van der Waals surface area contributed by atoms with E-state index in [9.17, 15) is 4.79 Å². The number of benzene rings is 1. The van der Waals surface area contributed by atoms with Crippen molar-refractivity contribution >= 4 is 16.9 Å². The van der Waals surface area contributed by atoms with Gasteiger partial charge < -0.3 is 9.15 Å². The van der Waals surface area contributed by atoms with E-state index < -0.39 is 5.91 Å². The number of nitrogen functional groups attached to an aromatic ring is 1. The van der Waals surface area contributed by atoms with Crippen LogP contribution in [0.15, 0.2) is 28.7 Å². The third-order valence-corrected chi connectivity index (χ3v) is 3.74. The zero-order chi connectivity index (χ0) is 14.8. The number of nitrogens with two attached hydrogens (primary N) is 1. The van der Waals surface area contributed by atoms with E-state index in [4.69, 9.17) is 15.0 Å². The lowest BCUT2D eigenvalue weighted by molar-refractivity contribution is -0.0212. The molecule has 1 unspecified atom stereocenters. The Balaban J connectivity index is 1.96. The van der Waals surface area contributed by atoms with Gasteiger partial charge in [0.15, 0.2) is 5.76 Å². The SMILES string of the molecule is CC1CN(Cc2c(C(=O)NN)oc3ccccc23)CCO1. The molecular weight excluding hydrogens is 270 g/mol. The lowest BCUT2D eigenvalue weighted by Crippen LogP contribution is -2.41. The number of amides is 1. The second kappa shape index (κ2) is 5.85. The summed E-state index contributed by atoms with van der Waals surface area (Å²) in [7, 11) is 0. The molecule has 3 N–H and O–H groups in total. The van der Waals surface area contributed by atoms with Crippen LogP contribution in [0.4, 0.5) is 0 Å². The second-order valence-corrected chi connectivity index (χ2v) is 5.30. The van der Waals surface area contributed by atoms with Crippen LogP contribution in [-0.4, -0.2) is 36.6 Å². The fourth-order valence-electron chi connectivity index (χ4n) is 2.76. The Kier molecular flexibility index (Phi) is 3.92. The monoisotopic (exact) mass is 289 g/mol. The second-order valence-electron chi connectivity index (χ2n) is 5.30. The predicted octanol–water partition coefficient (Wildman–Crippen LogP) is 1.26. The van der Waals surface area contributed by atoms with Gasteiger partial charge >= 0.3 is 5.91 Å². The topological polar surface area (TPSA) is 80.7 Å². The molecule has 6 nitrogen and oxygen atoms in total. The Morgan fingerprint density at radius 2 is 2.29 bits per heavy atom. The fraction of sp³-hybridized carbons (Fsp3) is 0.400. The number of hydrogen-bond acceptors (Lipinski definition) is 5. The van der Waals surface area contributed by atoms with Crippen molar-refractivity contribution in [1.29, 1.82) is 0 Å². The summed E-state index contributed by atoms with van der Waals surface area (Å²) in [5.41, 5.74) is 3.73. The van der Waals surface area contributed by atoms with Crippen molar-refractivity contribution < 1.29 is 13.9 Å². The quantitative estimate of drug-likeness (QED) is 0.505. The number of carbonyl (C=O) groups is 1. The van der Waals surface area contributed by atoms with E-state index in [2.05, 4.69) is 10.3 Å². The molecule has 1 saturated heterocycles. The maximum absolute atomic E-state index is 11.9. The van der Waals surface area contributed by atoms with Crippen LogP contribution in [0.5, 0.6) is 0 Å². The number of furan rings is 1. The lowest BCUT2D eigenvalue weighted by Gasteiger charge is -2.30. The third kappa shape index (κ3) is 2.78. The van der Waals surface area contributed by atoms with Gasteiger partial charge in [-0.3, -0.25) is 15.1 Å². The van der Waals surface area contributed by atoms with Gasteiger partial charge in [-0.05, 0) is 13.0 Å². The molecule has 1 amide bonds. The number of hydrazine groups is 1. The molecule has 0 aliphatic carbocycles. The van der Waals surface area contributed by atoms with E-state index in [1.807, 2.05) is 31.2 Å². The van der Waals surface area contributed by atoms with Crippen LogP contribution in [0.25, 0.3) is 11.0 Å². The summed E-state index contributed by atoms with van der Waals surface area (Å²) in [6.45, 7) is 5.08. The minimum Gasteiger partial charge on any atom is -0.451 e. The summed E-state index contributed by atoms with van der Waals surface area (Å²) < 4.78 is 11.2. The minimum atomic E-state index is -0.400. The number of fused-ring (bicyclic) bond motifs is 1. The molecule has 21 heavy (non-hydrogen) atoms. The first-order valence-corrected chi connectivity index (χ1v) is 7.04. The van der Waals surface area contributed by atoms with Crippen LogP contribution in [-0.2, 0) is 11.3 Å². The van der Waals surface area contributed by atoms with Crippen LogP contribution >= 0.6 is 0 Å². The first-order valence-electron chi connectivity index (χ1n) is 7.04. The van der Waals surface area contributed by atoms with Gasteiger partial charge in [-0.25, -0.2) is 5.84 Å². The molecule has 1 atom stereocenters. The van der Waals surface area contributed by atoms with E-state index in [-0.39, 0.29) is 11.9 Å². The molecule has 1 aromatic carbocycles. The van der Waals surface area contributed by atoms with Crippen LogP contribution in [0, 0.1) is 0 Å². The van der Waals surface area contributed by atoms with Crippen LogP contribution in [0.3, 0.4) is 0 Å². The molecule has 6 heteroatoms. The zero-order valence-corrected chi connectivity index (χ0v) is 12.0. The fourth-order valence-corrected chi connectivity index (χ4v) is 2.76. The standard InChI is InChI=1S/C15H19N3O3/c1-10-8-18(6-7-20-10)9-12-11-4-2-3-5-13(11)21-14(12)15(19)17-16/h2-5,10H,6-9,16H2,1H3,(H,17,19). The van der Waals surface area contributed by atoms with E-state index in [1.165, 1.54) is 0 Å². The largest absolute Gasteiger partial charge is 0.451 e. The Labute approximate surface area is 122 Å². The van der Waals surface area contributed by atoms with Crippen LogP contribution in [0.1, 0.15) is 23.0 Å². The van der Waals surface area contributed by atoms with Crippen molar-refractivity contribution in [3.8, 4) is 0 Å². The number of carbonyl (C=O) groups excluding carboxylic acids is 1.